The van der Waals surface area contributed by atoms with Crippen molar-refractivity contribution in [3.63, 3.8) is 0 Å². The zero-order valence-corrected chi connectivity index (χ0v) is 16.0. The van der Waals surface area contributed by atoms with Crippen molar-refractivity contribution in [2.24, 2.45) is 0 Å². The van der Waals surface area contributed by atoms with Gasteiger partial charge in [-0.2, -0.15) is 0 Å². The first-order chi connectivity index (χ1) is 11.3. The van der Waals surface area contributed by atoms with Crippen LogP contribution in [-0.2, 0) is 13.2 Å². The van der Waals surface area contributed by atoms with Crippen LogP contribution in [0.2, 0.25) is 10.0 Å². The number of halogens is 2. The highest BCUT2D eigenvalue weighted by Crippen LogP contribution is 2.30. The van der Waals surface area contributed by atoms with Gasteiger partial charge >= 0.3 is 0 Å². The molecule has 0 heterocycles. The molecule has 0 spiro atoms. The molecule has 1 N–H and O–H groups in total. The molecule has 0 amide bonds. The van der Waals surface area contributed by atoms with Crippen LogP contribution in [-0.4, -0.2) is 12.6 Å². The summed E-state index contributed by atoms with van der Waals surface area (Å²) < 4.78 is 11.3. The van der Waals surface area contributed by atoms with Gasteiger partial charge in [-0.05, 0) is 56.2 Å². The summed E-state index contributed by atoms with van der Waals surface area (Å²) in [6.07, 6.45) is 0. The van der Waals surface area contributed by atoms with E-state index in [1.165, 1.54) is 0 Å². The number of hydrogen-bond acceptors (Lipinski definition) is 3. The van der Waals surface area contributed by atoms with Gasteiger partial charge in [0.25, 0.3) is 0 Å². The van der Waals surface area contributed by atoms with Crippen molar-refractivity contribution in [1.82, 2.24) is 5.32 Å². The Morgan fingerprint density at radius 1 is 0.917 bits per heavy atom. The molecule has 3 nitrogen and oxygen atoms in total. The molecule has 0 unspecified atom stereocenters. The van der Waals surface area contributed by atoms with E-state index in [4.69, 9.17) is 32.7 Å². The molecule has 0 atom stereocenters. The molecule has 2 aromatic rings. The van der Waals surface area contributed by atoms with Gasteiger partial charge in [-0.15, -0.1) is 0 Å². The van der Waals surface area contributed by atoms with Crippen LogP contribution >= 0.6 is 23.2 Å². The van der Waals surface area contributed by atoms with Crippen LogP contribution in [0.25, 0.3) is 0 Å². The van der Waals surface area contributed by atoms with Crippen LogP contribution < -0.4 is 14.8 Å². The third kappa shape index (κ3) is 5.59. The maximum atomic E-state index is 6.03. The fourth-order valence-corrected chi connectivity index (χ4v) is 2.42. The molecule has 0 aliphatic heterocycles. The molecule has 2 aromatic carbocycles. The van der Waals surface area contributed by atoms with Crippen molar-refractivity contribution >= 4 is 23.2 Å². The zero-order valence-electron chi connectivity index (χ0n) is 14.5. The molecular formula is C19H23Cl2NO2. The molecule has 2 rings (SSSR count). The molecule has 0 bridgehead atoms. The first-order valence-electron chi connectivity index (χ1n) is 7.77. The maximum absolute atomic E-state index is 6.03. The second kappa shape index (κ2) is 8.11. The van der Waals surface area contributed by atoms with E-state index >= 15 is 0 Å². The monoisotopic (exact) mass is 367 g/mol. The summed E-state index contributed by atoms with van der Waals surface area (Å²) in [7, 11) is 1.64. The average molecular weight is 368 g/mol. The van der Waals surface area contributed by atoms with Crippen LogP contribution in [0.15, 0.2) is 36.4 Å². The lowest BCUT2D eigenvalue weighted by molar-refractivity contribution is 0.284. The third-order valence-corrected chi connectivity index (χ3v) is 4.17. The van der Waals surface area contributed by atoms with Gasteiger partial charge in [-0.25, -0.2) is 0 Å². The van der Waals surface area contributed by atoms with E-state index < -0.39 is 0 Å². The summed E-state index contributed by atoms with van der Waals surface area (Å²) >= 11 is 12.0. The van der Waals surface area contributed by atoms with Gasteiger partial charge in [0.2, 0.25) is 0 Å². The van der Waals surface area contributed by atoms with E-state index in [1.807, 2.05) is 24.3 Å². The van der Waals surface area contributed by atoms with Gasteiger partial charge < -0.3 is 14.8 Å². The number of ether oxygens (including phenoxy) is 2. The van der Waals surface area contributed by atoms with E-state index in [0.717, 1.165) is 17.7 Å². The van der Waals surface area contributed by atoms with Gasteiger partial charge in [-0.1, -0.05) is 35.3 Å². The van der Waals surface area contributed by atoms with Crippen molar-refractivity contribution in [3.05, 3.63) is 57.6 Å². The van der Waals surface area contributed by atoms with Gasteiger partial charge in [0.05, 0.1) is 17.2 Å². The summed E-state index contributed by atoms with van der Waals surface area (Å²) in [6, 6.07) is 11.4. The molecule has 24 heavy (non-hydrogen) atoms. The Hall–Kier alpha value is -1.42. The number of nitrogens with one attached hydrogen (secondary N) is 1. The van der Waals surface area contributed by atoms with Crippen LogP contribution in [0.4, 0.5) is 0 Å². The lowest BCUT2D eigenvalue weighted by atomic mass is 10.1. The molecule has 0 radical (unpaired) electrons. The van der Waals surface area contributed by atoms with Crippen molar-refractivity contribution in [2.75, 3.05) is 7.11 Å². The predicted octanol–water partition coefficient (Wildman–Crippen LogP) is 5.47. The minimum absolute atomic E-state index is 0.0657. The molecule has 0 aromatic heterocycles. The molecule has 5 heteroatoms. The highest BCUT2D eigenvalue weighted by Gasteiger charge is 2.11. The summed E-state index contributed by atoms with van der Waals surface area (Å²) in [5.41, 5.74) is 2.16. The highest BCUT2D eigenvalue weighted by molar-refractivity contribution is 6.42. The third-order valence-electron chi connectivity index (χ3n) is 3.43. The Kier molecular flexibility index (Phi) is 6.39. The molecule has 130 valence electrons. The molecule has 0 aliphatic carbocycles. The summed E-state index contributed by atoms with van der Waals surface area (Å²) in [4.78, 5) is 0. The van der Waals surface area contributed by atoms with Crippen LogP contribution in [0.1, 0.15) is 31.9 Å². The van der Waals surface area contributed by atoms with Crippen LogP contribution in [0.5, 0.6) is 11.5 Å². The molecule has 0 aliphatic rings. The lowest BCUT2D eigenvalue weighted by Crippen LogP contribution is -2.35. The Morgan fingerprint density at radius 2 is 1.62 bits per heavy atom. The van der Waals surface area contributed by atoms with Crippen LogP contribution in [0.3, 0.4) is 0 Å². The summed E-state index contributed by atoms with van der Waals surface area (Å²) in [5.74, 6) is 1.41. The van der Waals surface area contributed by atoms with Crippen molar-refractivity contribution in [1.29, 1.82) is 0 Å². The number of rotatable bonds is 6. The lowest BCUT2D eigenvalue weighted by Gasteiger charge is -2.21. The fraction of sp³-hybridized carbons (Fsp3) is 0.368. The molecule has 0 saturated heterocycles. The topological polar surface area (TPSA) is 30.5 Å². The Balaban J connectivity index is 2.05. The largest absolute Gasteiger partial charge is 0.493 e. The normalized spacial score (nSPS) is 11.4. The van der Waals surface area contributed by atoms with E-state index in [2.05, 4.69) is 26.1 Å². The van der Waals surface area contributed by atoms with Crippen molar-refractivity contribution < 1.29 is 9.47 Å². The Labute approximate surface area is 153 Å². The van der Waals surface area contributed by atoms with Crippen molar-refractivity contribution in [2.45, 2.75) is 39.5 Å². The van der Waals surface area contributed by atoms with E-state index in [1.54, 1.807) is 19.2 Å². The van der Waals surface area contributed by atoms with Gasteiger partial charge in [-0.3, -0.25) is 0 Å². The predicted molar refractivity (Wildman–Crippen MR) is 100 cm³/mol. The minimum atomic E-state index is 0.0657. The van der Waals surface area contributed by atoms with Gasteiger partial charge in [0.15, 0.2) is 11.5 Å². The number of methoxy groups -OCH3 is 1. The number of benzene rings is 2. The smallest absolute Gasteiger partial charge is 0.161 e. The SMILES string of the molecule is COc1cc(CNC(C)(C)C)ccc1OCc1ccc(Cl)c(Cl)c1. The second-order valence-corrected chi connectivity index (χ2v) is 7.44. The molecule has 0 fully saturated rings. The average Bonchev–Trinajstić information content (AvgIpc) is 2.53. The first-order valence-corrected chi connectivity index (χ1v) is 8.53. The number of hydrogen-bond donors (Lipinski definition) is 1. The second-order valence-electron chi connectivity index (χ2n) is 6.63. The van der Waals surface area contributed by atoms with E-state index in [-0.39, 0.29) is 5.54 Å². The first kappa shape index (κ1) is 18.9. The van der Waals surface area contributed by atoms with Crippen LogP contribution in [0, 0.1) is 0 Å². The Bertz CT molecular complexity index is 696. The minimum Gasteiger partial charge on any atom is -0.493 e. The highest BCUT2D eigenvalue weighted by atomic mass is 35.5. The molecular weight excluding hydrogens is 345 g/mol. The summed E-state index contributed by atoms with van der Waals surface area (Å²) in [6.45, 7) is 7.58. The summed E-state index contributed by atoms with van der Waals surface area (Å²) in [5, 5.41) is 4.51. The van der Waals surface area contributed by atoms with E-state index in [0.29, 0.717) is 28.2 Å². The van der Waals surface area contributed by atoms with Gasteiger partial charge in [0, 0.05) is 12.1 Å². The molecule has 0 saturated carbocycles. The quantitative estimate of drug-likeness (QED) is 0.734. The zero-order chi connectivity index (χ0) is 17.7. The Morgan fingerprint density at radius 3 is 2.25 bits per heavy atom. The van der Waals surface area contributed by atoms with Gasteiger partial charge in [0.1, 0.15) is 6.61 Å². The van der Waals surface area contributed by atoms with Crippen molar-refractivity contribution in [3.8, 4) is 11.5 Å². The standard InChI is InChI=1S/C19H23Cl2NO2/c1-19(2,3)22-11-13-6-8-17(18(10-13)23-4)24-12-14-5-7-15(20)16(21)9-14/h5-10,22H,11-12H2,1-4H3. The van der Waals surface area contributed by atoms with E-state index in [9.17, 15) is 0 Å². The maximum Gasteiger partial charge on any atom is 0.161 e. The fourth-order valence-electron chi connectivity index (χ4n) is 2.10.